The summed E-state index contributed by atoms with van der Waals surface area (Å²) in [6.45, 7) is 1.77. The number of ether oxygens (including phenoxy) is 2. The molecular weight excluding hydrogens is 250 g/mol. The lowest BCUT2D eigenvalue weighted by molar-refractivity contribution is 0.00531. The van der Waals surface area contributed by atoms with Gasteiger partial charge in [0.2, 0.25) is 0 Å². The summed E-state index contributed by atoms with van der Waals surface area (Å²) in [5, 5.41) is 3.46. The van der Waals surface area contributed by atoms with E-state index < -0.39 is 0 Å². The van der Waals surface area contributed by atoms with E-state index in [0.717, 1.165) is 38.2 Å². The summed E-state index contributed by atoms with van der Waals surface area (Å²) >= 11 is 0. The molecule has 2 heterocycles. The van der Waals surface area contributed by atoms with Crippen LogP contribution in [-0.4, -0.2) is 26.4 Å². The smallest absolute Gasteiger partial charge is 0.127 e. The van der Waals surface area contributed by atoms with Crippen LogP contribution in [-0.2, 0) is 11.2 Å². The Bertz CT molecular complexity index is 441. The van der Waals surface area contributed by atoms with Crippen LogP contribution in [0.2, 0.25) is 0 Å². The number of fused-ring (bicyclic) bond motifs is 1. The maximum Gasteiger partial charge on any atom is 0.127 e. The quantitative estimate of drug-likeness (QED) is 0.915. The normalized spacial score (nSPS) is 23.8. The molecule has 3 rings (SSSR count). The van der Waals surface area contributed by atoms with E-state index in [-0.39, 0.29) is 0 Å². The molecule has 2 aliphatic rings. The minimum Gasteiger partial charge on any atom is -0.493 e. The molecule has 1 fully saturated rings. The number of para-hydroxylation sites is 1. The van der Waals surface area contributed by atoms with E-state index in [1.165, 1.54) is 30.4 Å². The van der Waals surface area contributed by atoms with Crippen LogP contribution in [0.25, 0.3) is 0 Å². The molecule has 1 N–H and O–H groups in total. The van der Waals surface area contributed by atoms with Crippen molar-refractivity contribution in [2.75, 3.05) is 20.3 Å². The maximum absolute atomic E-state index is 5.95. The van der Waals surface area contributed by atoms with Crippen molar-refractivity contribution in [3.05, 3.63) is 29.3 Å². The molecule has 1 aromatic carbocycles. The highest BCUT2D eigenvalue weighted by Crippen LogP contribution is 2.35. The Morgan fingerprint density at radius 1 is 1.25 bits per heavy atom. The highest BCUT2D eigenvalue weighted by molar-refractivity contribution is 5.44. The van der Waals surface area contributed by atoms with Crippen LogP contribution in [0.3, 0.4) is 0 Å². The average Bonchev–Trinajstić information content (AvgIpc) is 2.53. The van der Waals surface area contributed by atoms with Crippen molar-refractivity contribution >= 4 is 0 Å². The zero-order chi connectivity index (χ0) is 13.8. The van der Waals surface area contributed by atoms with Gasteiger partial charge in [-0.15, -0.1) is 0 Å². The fourth-order valence-corrected chi connectivity index (χ4v) is 3.35. The standard InChI is InChI=1S/C17H25NO2/c1-18-16(12-14-8-2-3-10-19-14)15-9-4-6-13-7-5-11-20-17(13)15/h4,6,9,14,16,18H,2-3,5,7-8,10-12H2,1H3. The van der Waals surface area contributed by atoms with Crippen molar-refractivity contribution < 1.29 is 9.47 Å². The summed E-state index contributed by atoms with van der Waals surface area (Å²) in [4.78, 5) is 0. The van der Waals surface area contributed by atoms with Gasteiger partial charge in [0.05, 0.1) is 12.7 Å². The van der Waals surface area contributed by atoms with Gasteiger partial charge in [-0.05, 0) is 51.1 Å². The minimum absolute atomic E-state index is 0.325. The van der Waals surface area contributed by atoms with E-state index in [4.69, 9.17) is 9.47 Å². The summed E-state index contributed by atoms with van der Waals surface area (Å²) in [5.41, 5.74) is 2.66. The summed E-state index contributed by atoms with van der Waals surface area (Å²) in [5.74, 6) is 1.12. The van der Waals surface area contributed by atoms with E-state index in [2.05, 4.69) is 23.5 Å². The monoisotopic (exact) mass is 275 g/mol. The van der Waals surface area contributed by atoms with Gasteiger partial charge < -0.3 is 14.8 Å². The van der Waals surface area contributed by atoms with E-state index >= 15 is 0 Å². The molecule has 1 aromatic rings. The molecule has 0 radical (unpaired) electrons. The molecule has 2 atom stereocenters. The summed E-state index contributed by atoms with van der Waals surface area (Å²) < 4.78 is 11.8. The van der Waals surface area contributed by atoms with Crippen molar-refractivity contribution in [3.63, 3.8) is 0 Å². The van der Waals surface area contributed by atoms with Crippen molar-refractivity contribution in [2.24, 2.45) is 0 Å². The number of hydrogen-bond acceptors (Lipinski definition) is 3. The molecule has 0 aliphatic carbocycles. The topological polar surface area (TPSA) is 30.5 Å². The highest BCUT2D eigenvalue weighted by atomic mass is 16.5. The molecule has 0 aromatic heterocycles. The van der Waals surface area contributed by atoms with Gasteiger partial charge >= 0.3 is 0 Å². The largest absolute Gasteiger partial charge is 0.493 e. The van der Waals surface area contributed by atoms with Gasteiger partial charge in [-0.1, -0.05) is 18.2 Å². The average molecular weight is 275 g/mol. The first-order valence-electron chi connectivity index (χ1n) is 7.92. The molecule has 1 saturated heterocycles. The zero-order valence-electron chi connectivity index (χ0n) is 12.4. The molecule has 0 bridgehead atoms. The Morgan fingerprint density at radius 2 is 2.20 bits per heavy atom. The third-order valence-corrected chi connectivity index (χ3v) is 4.46. The fourth-order valence-electron chi connectivity index (χ4n) is 3.35. The van der Waals surface area contributed by atoms with E-state index in [9.17, 15) is 0 Å². The number of nitrogens with one attached hydrogen (secondary N) is 1. The summed E-state index contributed by atoms with van der Waals surface area (Å²) in [6.07, 6.45) is 7.39. The second kappa shape index (κ2) is 6.59. The minimum atomic E-state index is 0.325. The maximum atomic E-state index is 5.95. The van der Waals surface area contributed by atoms with Crippen LogP contribution < -0.4 is 10.1 Å². The fraction of sp³-hybridized carbons (Fsp3) is 0.647. The van der Waals surface area contributed by atoms with Gasteiger partial charge in [-0.3, -0.25) is 0 Å². The third-order valence-electron chi connectivity index (χ3n) is 4.46. The van der Waals surface area contributed by atoms with Crippen LogP contribution in [0.15, 0.2) is 18.2 Å². The van der Waals surface area contributed by atoms with Crippen molar-refractivity contribution in [3.8, 4) is 5.75 Å². The van der Waals surface area contributed by atoms with Gasteiger partial charge in [0, 0.05) is 18.2 Å². The van der Waals surface area contributed by atoms with Gasteiger partial charge in [-0.25, -0.2) is 0 Å². The van der Waals surface area contributed by atoms with Crippen LogP contribution in [0.5, 0.6) is 5.75 Å². The zero-order valence-corrected chi connectivity index (χ0v) is 12.4. The Kier molecular flexibility index (Phi) is 4.58. The number of hydrogen-bond donors (Lipinski definition) is 1. The first-order valence-corrected chi connectivity index (χ1v) is 7.92. The van der Waals surface area contributed by atoms with Crippen LogP contribution >= 0.6 is 0 Å². The lowest BCUT2D eigenvalue weighted by Gasteiger charge is -2.29. The number of benzene rings is 1. The second-order valence-electron chi connectivity index (χ2n) is 5.85. The number of rotatable bonds is 4. The van der Waals surface area contributed by atoms with E-state index in [1.807, 2.05) is 7.05 Å². The second-order valence-corrected chi connectivity index (χ2v) is 5.85. The SMILES string of the molecule is CNC(CC1CCCCO1)c1cccc2c1OCCC2. The van der Waals surface area contributed by atoms with Gasteiger partial charge in [0.15, 0.2) is 0 Å². The van der Waals surface area contributed by atoms with Crippen LogP contribution in [0, 0.1) is 0 Å². The van der Waals surface area contributed by atoms with E-state index in [0.29, 0.717) is 12.1 Å². The number of aryl methyl sites for hydroxylation is 1. The van der Waals surface area contributed by atoms with Gasteiger partial charge in [0.25, 0.3) is 0 Å². The Hall–Kier alpha value is -1.06. The Balaban J connectivity index is 1.78. The molecule has 3 heteroatoms. The van der Waals surface area contributed by atoms with E-state index in [1.54, 1.807) is 0 Å². The molecule has 2 aliphatic heterocycles. The summed E-state index contributed by atoms with van der Waals surface area (Å²) in [7, 11) is 2.04. The molecule has 3 nitrogen and oxygen atoms in total. The first-order chi connectivity index (χ1) is 9.88. The molecule has 0 amide bonds. The van der Waals surface area contributed by atoms with Crippen molar-refractivity contribution in [2.45, 2.75) is 50.7 Å². The van der Waals surface area contributed by atoms with Crippen molar-refractivity contribution in [1.82, 2.24) is 5.32 Å². The molecular formula is C17H25NO2. The summed E-state index contributed by atoms with van der Waals surface area (Å²) in [6, 6.07) is 6.89. The molecule has 2 unspecified atom stereocenters. The lowest BCUT2D eigenvalue weighted by atomic mass is 9.93. The Labute approximate surface area is 121 Å². The van der Waals surface area contributed by atoms with Gasteiger partial charge in [-0.2, -0.15) is 0 Å². The Morgan fingerprint density at radius 3 is 3.00 bits per heavy atom. The highest BCUT2D eigenvalue weighted by Gasteiger charge is 2.24. The predicted molar refractivity (Wildman–Crippen MR) is 80.3 cm³/mol. The van der Waals surface area contributed by atoms with Gasteiger partial charge in [0.1, 0.15) is 5.75 Å². The molecule has 20 heavy (non-hydrogen) atoms. The predicted octanol–water partition coefficient (Wildman–Crippen LogP) is 3.23. The van der Waals surface area contributed by atoms with Crippen LogP contribution in [0.4, 0.5) is 0 Å². The van der Waals surface area contributed by atoms with Crippen LogP contribution in [0.1, 0.15) is 49.3 Å². The lowest BCUT2D eigenvalue weighted by Crippen LogP contribution is -2.27. The van der Waals surface area contributed by atoms with Crippen molar-refractivity contribution in [1.29, 1.82) is 0 Å². The molecule has 110 valence electrons. The molecule has 0 saturated carbocycles. The third kappa shape index (κ3) is 2.99. The first kappa shape index (κ1) is 13.9. The molecule has 0 spiro atoms.